The minimum Gasteiger partial charge on any atom is -0.481 e. The number of hydrogen-bond donors (Lipinski definition) is 6. The topological polar surface area (TPSA) is 148 Å². The van der Waals surface area contributed by atoms with Crippen LogP contribution in [0.3, 0.4) is 0 Å². The lowest BCUT2D eigenvalue weighted by Crippen LogP contribution is -2.41. The van der Waals surface area contributed by atoms with Gasteiger partial charge >= 0.3 is 30.3 Å². The highest BCUT2D eigenvalue weighted by Crippen LogP contribution is 2.40. The van der Waals surface area contributed by atoms with Crippen LogP contribution in [-0.2, 0) is 14.4 Å². The Morgan fingerprint density at radius 1 is 0.560 bits per heavy atom. The Labute approximate surface area is 292 Å². The Bertz CT molecular complexity index is 1050. The normalized spacial score (nSPS) is 19.8. The third kappa shape index (κ3) is 20.9. The van der Waals surface area contributed by atoms with Gasteiger partial charge in [-0.25, -0.2) is 0 Å². The van der Waals surface area contributed by atoms with Crippen molar-refractivity contribution in [2.45, 2.75) is 134 Å². The molecule has 0 radical (unpaired) electrons. The second kappa shape index (κ2) is 22.4. The van der Waals surface area contributed by atoms with Gasteiger partial charge in [0.1, 0.15) is 0 Å². The number of halogens is 6. The number of hydrogen-bond acceptors (Lipinski definition) is 6. The number of carboxylic acid groups (broad SMARTS) is 3. The van der Waals surface area contributed by atoms with Gasteiger partial charge in [-0.15, -0.1) is 6.42 Å². The molecule has 3 rings (SSSR count). The summed E-state index contributed by atoms with van der Waals surface area (Å²) in [6.07, 6.45) is 10.6. The van der Waals surface area contributed by atoms with Gasteiger partial charge in [0.2, 0.25) is 0 Å². The molecule has 0 aromatic rings. The Hall–Kier alpha value is -2.57. The fourth-order valence-corrected chi connectivity index (χ4v) is 7.57. The summed E-state index contributed by atoms with van der Waals surface area (Å²) in [6, 6.07) is 0. The lowest BCUT2D eigenvalue weighted by molar-refractivity contribution is -0.142. The molecule has 0 heterocycles. The van der Waals surface area contributed by atoms with E-state index in [2.05, 4.69) is 21.9 Å². The second-order valence-corrected chi connectivity index (χ2v) is 14.5. The van der Waals surface area contributed by atoms with Crippen molar-refractivity contribution in [3.63, 3.8) is 0 Å². The third-order valence-corrected chi connectivity index (χ3v) is 9.96. The molecule has 15 heteroatoms. The Balaban J connectivity index is 0.000000377. The molecule has 0 amide bonds. The van der Waals surface area contributed by atoms with Gasteiger partial charge in [-0.05, 0) is 54.8 Å². The minimum atomic E-state index is -4.24. The number of terminal acetylenes is 1. The van der Waals surface area contributed by atoms with Crippen LogP contribution < -0.4 is 16.0 Å². The first-order valence-electron chi connectivity index (χ1n) is 17.7. The monoisotopic (exact) mass is 729 g/mol. The maximum atomic E-state index is 12.0. The number of rotatable bonds is 16. The fourth-order valence-electron chi connectivity index (χ4n) is 7.57. The number of aliphatic carboxylic acids is 3. The van der Waals surface area contributed by atoms with Crippen molar-refractivity contribution in [3.8, 4) is 12.3 Å². The zero-order valence-electron chi connectivity index (χ0n) is 29.1. The van der Waals surface area contributed by atoms with Gasteiger partial charge in [0.05, 0.1) is 38.8 Å². The summed E-state index contributed by atoms with van der Waals surface area (Å²) in [5.41, 5.74) is -0.897. The summed E-state index contributed by atoms with van der Waals surface area (Å²) in [5.74, 6) is 0.0282. The number of carboxylic acids is 3. The molecule has 0 aromatic carbocycles. The van der Waals surface area contributed by atoms with Crippen LogP contribution in [0.1, 0.15) is 122 Å². The maximum Gasteiger partial charge on any atom is 0.401 e. The van der Waals surface area contributed by atoms with Crippen molar-refractivity contribution < 1.29 is 56.0 Å². The SMILES string of the molecule is C#CCNCC1(CC(=O)O)CCCCC1.O=C(O)CC1(CNCC(F)(F)F)CCCCC1.O=C(O)CC1(CNCCC(F)(F)F)CCCCC1. The molecule has 0 spiro atoms. The molecular formula is C35H57F6N3O6. The summed E-state index contributed by atoms with van der Waals surface area (Å²) in [6.45, 7) is 0.596. The van der Waals surface area contributed by atoms with Crippen molar-refractivity contribution in [3.05, 3.63) is 0 Å². The van der Waals surface area contributed by atoms with E-state index < -0.39 is 48.6 Å². The molecule has 50 heavy (non-hydrogen) atoms. The summed E-state index contributed by atoms with van der Waals surface area (Å²) in [4.78, 5) is 32.5. The molecule has 6 N–H and O–H groups in total. The van der Waals surface area contributed by atoms with Crippen LogP contribution in [0.15, 0.2) is 0 Å². The van der Waals surface area contributed by atoms with Gasteiger partial charge in [-0.2, -0.15) is 26.3 Å². The molecule has 0 aromatic heterocycles. The zero-order valence-corrected chi connectivity index (χ0v) is 29.1. The van der Waals surface area contributed by atoms with Gasteiger partial charge in [-0.3, -0.25) is 14.4 Å². The molecule has 0 aliphatic heterocycles. The zero-order chi connectivity index (χ0) is 37.7. The van der Waals surface area contributed by atoms with E-state index in [1.165, 1.54) is 6.42 Å². The first-order chi connectivity index (χ1) is 23.3. The molecule has 0 bridgehead atoms. The average molecular weight is 730 g/mol. The molecule has 0 unspecified atom stereocenters. The van der Waals surface area contributed by atoms with Gasteiger partial charge in [0.25, 0.3) is 0 Å². The van der Waals surface area contributed by atoms with Crippen molar-refractivity contribution in [1.29, 1.82) is 0 Å². The fraction of sp³-hybridized carbons (Fsp3) is 0.857. The van der Waals surface area contributed by atoms with E-state index in [1.54, 1.807) is 0 Å². The summed E-state index contributed by atoms with van der Waals surface area (Å²) < 4.78 is 72.0. The molecule has 9 nitrogen and oxygen atoms in total. The van der Waals surface area contributed by atoms with Crippen molar-refractivity contribution in [2.75, 3.05) is 39.3 Å². The standard InChI is InChI=1S/C12H20F3NO2.C12H19NO2.C11H18F3NO2/c13-12(14,15)6-7-16-9-11(8-10(17)18)4-2-1-3-5-11;1-2-8-13-10-12(9-11(14)15)6-4-3-5-7-12;12-11(13,14)8-15-7-10(6-9(16)17)4-2-1-3-5-10/h16H,1-9H2,(H,17,18);1,13H,3-10H2,(H,14,15);15H,1-8H2,(H,16,17). The largest absolute Gasteiger partial charge is 0.481 e. The van der Waals surface area contributed by atoms with Crippen molar-refractivity contribution in [2.24, 2.45) is 16.2 Å². The van der Waals surface area contributed by atoms with E-state index in [4.69, 9.17) is 21.7 Å². The minimum absolute atomic E-state index is 0.0438. The van der Waals surface area contributed by atoms with E-state index in [1.807, 2.05) is 0 Å². The summed E-state index contributed by atoms with van der Waals surface area (Å²) in [7, 11) is 0. The molecule has 290 valence electrons. The van der Waals surface area contributed by atoms with Gasteiger partial charge < -0.3 is 31.3 Å². The molecule has 3 aliphatic carbocycles. The van der Waals surface area contributed by atoms with Gasteiger partial charge in [0.15, 0.2) is 0 Å². The van der Waals surface area contributed by atoms with Crippen LogP contribution in [0, 0.1) is 28.6 Å². The Kier molecular flexibility index (Phi) is 20.3. The van der Waals surface area contributed by atoms with Crippen molar-refractivity contribution in [1.82, 2.24) is 16.0 Å². The number of alkyl halides is 6. The van der Waals surface area contributed by atoms with Gasteiger partial charge in [0, 0.05) is 26.2 Å². The summed E-state index contributed by atoms with van der Waals surface area (Å²) >= 11 is 0. The predicted octanol–water partition coefficient (Wildman–Crippen LogP) is 7.15. The first-order valence-corrected chi connectivity index (χ1v) is 17.7. The van der Waals surface area contributed by atoms with Gasteiger partial charge in [-0.1, -0.05) is 63.7 Å². The van der Waals surface area contributed by atoms with Crippen LogP contribution in [0.4, 0.5) is 26.3 Å². The molecular weight excluding hydrogens is 672 g/mol. The van der Waals surface area contributed by atoms with Crippen LogP contribution in [0.25, 0.3) is 0 Å². The van der Waals surface area contributed by atoms with E-state index in [0.29, 0.717) is 25.9 Å². The van der Waals surface area contributed by atoms with Crippen LogP contribution >= 0.6 is 0 Å². The van der Waals surface area contributed by atoms with E-state index >= 15 is 0 Å². The van der Waals surface area contributed by atoms with Crippen LogP contribution in [0.5, 0.6) is 0 Å². The van der Waals surface area contributed by atoms with Crippen LogP contribution in [0.2, 0.25) is 0 Å². The lowest BCUT2D eigenvalue weighted by Gasteiger charge is -2.36. The predicted molar refractivity (Wildman–Crippen MR) is 177 cm³/mol. The smallest absolute Gasteiger partial charge is 0.401 e. The highest BCUT2D eigenvalue weighted by Gasteiger charge is 2.37. The molecule has 0 atom stereocenters. The van der Waals surface area contributed by atoms with Crippen molar-refractivity contribution >= 4 is 17.9 Å². The van der Waals surface area contributed by atoms with E-state index in [9.17, 15) is 40.7 Å². The highest BCUT2D eigenvalue weighted by molar-refractivity contribution is 5.68. The molecule has 3 fully saturated rings. The molecule has 3 saturated carbocycles. The Morgan fingerprint density at radius 3 is 1.20 bits per heavy atom. The lowest BCUT2D eigenvalue weighted by atomic mass is 9.71. The average Bonchev–Trinajstić information content (AvgIpc) is 2.99. The molecule has 0 saturated heterocycles. The molecule has 3 aliphatic rings. The second-order valence-electron chi connectivity index (χ2n) is 14.5. The third-order valence-electron chi connectivity index (χ3n) is 9.96. The van der Waals surface area contributed by atoms with E-state index in [-0.39, 0.29) is 43.2 Å². The number of carbonyl (C=O) groups is 3. The summed E-state index contributed by atoms with van der Waals surface area (Å²) in [5, 5.41) is 34.9. The Morgan fingerprint density at radius 2 is 0.900 bits per heavy atom. The number of nitrogens with one attached hydrogen (secondary N) is 3. The van der Waals surface area contributed by atoms with Crippen LogP contribution in [-0.4, -0.2) is 84.8 Å². The quantitative estimate of drug-likeness (QED) is 0.0554. The first kappa shape index (κ1) is 45.5. The van der Waals surface area contributed by atoms with E-state index in [0.717, 1.165) is 83.6 Å². The highest BCUT2D eigenvalue weighted by atomic mass is 19.4. The maximum absolute atomic E-state index is 12.0.